The molecule has 3 aliphatic heterocycles. The van der Waals surface area contributed by atoms with E-state index in [-0.39, 0.29) is 5.41 Å². The van der Waals surface area contributed by atoms with Crippen LogP contribution in [0, 0.1) is 11.3 Å². The zero-order valence-electron chi connectivity index (χ0n) is 11.7. The normalized spacial score (nSPS) is 38.3. The molecule has 19 heavy (non-hydrogen) atoms. The van der Waals surface area contributed by atoms with Crippen LogP contribution in [0.25, 0.3) is 0 Å². The van der Waals surface area contributed by atoms with Crippen LogP contribution < -0.4 is 0 Å². The van der Waals surface area contributed by atoms with Crippen molar-refractivity contribution in [3.05, 3.63) is 0 Å². The number of ether oxygens (including phenoxy) is 1. The molecule has 0 bridgehead atoms. The fourth-order valence-corrected chi connectivity index (χ4v) is 5.47. The minimum absolute atomic E-state index is 0.106. The van der Waals surface area contributed by atoms with E-state index in [2.05, 4.69) is 6.92 Å². The Kier molecular flexibility index (Phi) is 3.62. The van der Waals surface area contributed by atoms with Gasteiger partial charge in [-0.3, -0.25) is 0 Å². The first-order valence-corrected chi connectivity index (χ1v) is 8.75. The lowest BCUT2D eigenvalue weighted by Crippen LogP contribution is -2.47. The highest BCUT2D eigenvalue weighted by Gasteiger charge is 2.46. The molecule has 0 unspecified atom stereocenters. The molecular formula is C13H24N2O3S. The molecular weight excluding hydrogens is 264 g/mol. The van der Waals surface area contributed by atoms with Crippen LogP contribution in [0.15, 0.2) is 0 Å². The summed E-state index contributed by atoms with van der Waals surface area (Å²) in [6.07, 6.45) is 4.09. The van der Waals surface area contributed by atoms with Crippen LogP contribution in [-0.4, -0.2) is 56.4 Å². The van der Waals surface area contributed by atoms with Crippen molar-refractivity contribution in [1.82, 2.24) is 8.61 Å². The third kappa shape index (κ3) is 2.55. The van der Waals surface area contributed by atoms with Gasteiger partial charge in [0.25, 0.3) is 10.2 Å². The van der Waals surface area contributed by atoms with Crippen LogP contribution in [0.1, 0.15) is 32.6 Å². The van der Waals surface area contributed by atoms with E-state index >= 15 is 0 Å². The minimum Gasteiger partial charge on any atom is -0.381 e. The van der Waals surface area contributed by atoms with Gasteiger partial charge < -0.3 is 4.74 Å². The molecule has 3 saturated heterocycles. The number of nitrogens with zero attached hydrogens (tertiary/aromatic N) is 2. The average molecular weight is 288 g/mol. The molecule has 5 nitrogen and oxygen atoms in total. The Morgan fingerprint density at radius 2 is 2.05 bits per heavy atom. The fourth-order valence-electron chi connectivity index (χ4n) is 3.58. The van der Waals surface area contributed by atoms with Gasteiger partial charge in [-0.25, -0.2) is 0 Å². The molecule has 0 aromatic rings. The van der Waals surface area contributed by atoms with Gasteiger partial charge in [0, 0.05) is 38.2 Å². The summed E-state index contributed by atoms with van der Waals surface area (Å²) in [5.74, 6) is 0.481. The number of rotatable bonds is 2. The summed E-state index contributed by atoms with van der Waals surface area (Å²) >= 11 is 0. The third-order valence-electron chi connectivity index (χ3n) is 4.86. The molecule has 0 N–H and O–H groups in total. The predicted molar refractivity (Wildman–Crippen MR) is 72.9 cm³/mol. The van der Waals surface area contributed by atoms with Crippen LogP contribution in [0.4, 0.5) is 0 Å². The molecule has 0 aliphatic carbocycles. The van der Waals surface area contributed by atoms with Gasteiger partial charge in [-0.1, -0.05) is 6.92 Å². The topological polar surface area (TPSA) is 49.9 Å². The molecule has 3 fully saturated rings. The molecule has 3 aliphatic rings. The maximum Gasteiger partial charge on any atom is 0.282 e. The second-order valence-corrected chi connectivity index (χ2v) is 8.43. The van der Waals surface area contributed by atoms with E-state index in [9.17, 15) is 8.42 Å². The van der Waals surface area contributed by atoms with Crippen LogP contribution in [-0.2, 0) is 14.9 Å². The zero-order valence-corrected chi connectivity index (χ0v) is 12.5. The van der Waals surface area contributed by atoms with Gasteiger partial charge in [0.2, 0.25) is 0 Å². The smallest absolute Gasteiger partial charge is 0.282 e. The van der Waals surface area contributed by atoms with E-state index in [0.717, 1.165) is 38.9 Å². The highest BCUT2D eigenvalue weighted by Crippen LogP contribution is 2.39. The second kappa shape index (κ2) is 4.98. The minimum atomic E-state index is -3.25. The van der Waals surface area contributed by atoms with Crippen molar-refractivity contribution in [2.45, 2.75) is 32.6 Å². The van der Waals surface area contributed by atoms with E-state index in [1.807, 2.05) is 0 Å². The maximum absolute atomic E-state index is 12.7. The first kappa shape index (κ1) is 13.8. The lowest BCUT2D eigenvalue weighted by Gasteiger charge is -2.33. The Morgan fingerprint density at radius 3 is 2.74 bits per heavy atom. The van der Waals surface area contributed by atoms with E-state index in [1.165, 1.54) is 0 Å². The Balaban J connectivity index is 1.71. The molecule has 2 atom stereocenters. The Hall–Kier alpha value is -0.170. The van der Waals surface area contributed by atoms with Crippen LogP contribution in [0.3, 0.4) is 0 Å². The average Bonchev–Trinajstić information content (AvgIpc) is 3.01. The standard InChI is InChI=1S/C13H24N2O3S/c1-12-3-2-6-14(9-12)19(16,17)15-7-4-13(10-15)5-8-18-11-13/h12H,2-11H2,1H3/t12-,13+/m0/s1. The van der Waals surface area contributed by atoms with Crippen molar-refractivity contribution in [2.75, 3.05) is 39.4 Å². The summed E-state index contributed by atoms with van der Waals surface area (Å²) in [6.45, 7) is 6.34. The van der Waals surface area contributed by atoms with Gasteiger partial charge >= 0.3 is 0 Å². The van der Waals surface area contributed by atoms with E-state index in [1.54, 1.807) is 8.61 Å². The van der Waals surface area contributed by atoms with Gasteiger partial charge in [-0.05, 0) is 31.6 Å². The Morgan fingerprint density at radius 1 is 1.21 bits per heavy atom. The summed E-state index contributed by atoms with van der Waals surface area (Å²) in [5, 5.41) is 0. The molecule has 1 spiro atoms. The maximum atomic E-state index is 12.7. The fraction of sp³-hybridized carbons (Fsp3) is 1.00. The van der Waals surface area contributed by atoms with Crippen LogP contribution in [0.5, 0.6) is 0 Å². The Bertz CT molecular complexity index is 431. The number of piperidine rings is 1. The van der Waals surface area contributed by atoms with E-state index < -0.39 is 10.2 Å². The van der Waals surface area contributed by atoms with Gasteiger partial charge in [-0.2, -0.15) is 17.0 Å². The highest BCUT2D eigenvalue weighted by molar-refractivity contribution is 7.86. The lowest BCUT2D eigenvalue weighted by atomic mass is 9.87. The van der Waals surface area contributed by atoms with Crippen molar-refractivity contribution < 1.29 is 13.2 Å². The third-order valence-corrected chi connectivity index (χ3v) is 6.81. The van der Waals surface area contributed by atoms with Crippen molar-refractivity contribution >= 4 is 10.2 Å². The summed E-state index contributed by atoms with van der Waals surface area (Å²) in [6, 6.07) is 0. The van der Waals surface area contributed by atoms with Gasteiger partial charge in [-0.15, -0.1) is 0 Å². The quantitative estimate of drug-likeness (QED) is 0.764. The summed E-state index contributed by atoms with van der Waals surface area (Å²) < 4.78 is 34.2. The van der Waals surface area contributed by atoms with Gasteiger partial charge in [0.05, 0.1) is 6.61 Å². The van der Waals surface area contributed by atoms with E-state index in [0.29, 0.717) is 32.1 Å². The molecule has 3 heterocycles. The molecule has 0 aromatic carbocycles. The number of hydrogen-bond acceptors (Lipinski definition) is 3. The summed E-state index contributed by atoms with van der Waals surface area (Å²) in [5.41, 5.74) is 0.106. The molecule has 0 radical (unpaired) electrons. The van der Waals surface area contributed by atoms with E-state index in [4.69, 9.17) is 4.74 Å². The van der Waals surface area contributed by atoms with Crippen molar-refractivity contribution in [3.8, 4) is 0 Å². The van der Waals surface area contributed by atoms with Crippen molar-refractivity contribution in [1.29, 1.82) is 0 Å². The predicted octanol–water partition coefficient (Wildman–Crippen LogP) is 1.08. The summed E-state index contributed by atoms with van der Waals surface area (Å²) in [4.78, 5) is 0. The second-order valence-electron chi connectivity index (χ2n) is 6.50. The molecule has 6 heteroatoms. The van der Waals surface area contributed by atoms with Gasteiger partial charge in [0.1, 0.15) is 0 Å². The monoisotopic (exact) mass is 288 g/mol. The molecule has 0 saturated carbocycles. The van der Waals surface area contributed by atoms with Crippen LogP contribution >= 0.6 is 0 Å². The van der Waals surface area contributed by atoms with Gasteiger partial charge in [0.15, 0.2) is 0 Å². The molecule has 3 rings (SSSR count). The first-order valence-electron chi connectivity index (χ1n) is 7.35. The molecule has 0 amide bonds. The van der Waals surface area contributed by atoms with Crippen LogP contribution in [0.2, 0.25) is 0 Å². The highest BCUT2D eigenvalue weighted by atomic mass is 32.2. The number of hydrogen-bond donors (Lipinski definition) is 0. The molecule has 110 valence electrons. The lowest BCUT2D eigenvalue weighted by molar-refractivity contribution is 0.156. The SMILES string of the molecule is C[C@H]1CCCN(S(=O)(=O)N2CC[C@@]3(CCOC3)C2)C1. The van der Waals surface area contributed by atoms with Crippen molar-refractivity contribution in [2.24, 2.45) is 11.3 Å². The first-order chi connectivity index (χ1) is 9.02. The largest absolute Gasteiger partial charge is 0.381 e. The Labute approximate surface area is 116 Å². The summed E-state index contributed by atoms with van der Waals surface area (Å²) in [7, 11) is -3.25. The van der Waals surface area contributed by atoms with Crippen molar-refractivity contribution in [3.63, 3.8) is 0 Å². The zero-order chi connectivity index (χ0) is 13.5. The molecule has 0 aromatic heterocycles.